The maximum Gasteiger partial charge on any atom is 0.241 e. The number of aryl methyl sites for hydroxylation is 2. The van der Waals surface area contributed by atoms with Gasteiger partial charge in [0, 0.05) is 25.4 Å². The van der Waals surface area contributed by atoms with Gasteiger partial charge < -0.3 is 10.6 Å². The molecule has 2 rings (SSSR count). The largest absolute Gasteiger partial charge is 0.354 e. The fourth-order valence-corrected chi connectivity index (χ4v) is 2.34. The van der Waals surface area contributed by atoms with Crippen molar-refractivity contribution < 1.29 is 4.79 Å². The minimum absolute atomic E-state index is 0.0295. The average Bonchev–Trinajstić information content (AvgIpc) is 2.86. The number of likely N-dealkylation sites (N-methyl/N-ethyl adjacent to an activating group) is 1. The Labute approximate surface area is 125 Å². The minimum Gasteiger partial charge on any atom is -0.354 e. The van der Waals surface area contributed by atoms with Crippen molar-refractivity contribution in [1.82, 2.24) is 20.4 Å². The summed E-state index contributed by atoms with van der Waals surface area (Å²) in [5, 5.41) is 10.1. The van der Waals surface area contributed by atoms with E-state index in [2.05, 4.69) is 40.9 Å². The van der Waals surface area contributed by atoms with Crippen LogP contribution in [0, 0.1) is 6.92 Å². The standard InChI is InChI=1S/C16H22N4O/c1-12-5-4-6-13(9-12)7-8-18-16(21)15(17-2)14-10-19-20(3)11-14/h4-6,9-11,15,17H,7-8H2,1-3H3,(H,18,21). The number of nitrogens with one attached hydrogen (secondary N) is 2. The molecular formula is C16H22N4O. The molecule has 0 saturated carbocycles. The van der Waals surface area contributed by atoms with E-state index in [0.29, 0.717) is 6.54 Å². The van der Waals surface area contributed by atoms with Crippen LogP contribution in [0.15, 0.2) is 36.7 Å². The van der Waals surface area contributed by atoms with Crippen LogP contribution in [0.25, 0.3) is 0 Å². The molecule has 0 aliphatic heterocycles. The number of carbonyl (C=O) groups is 1. The average molecular weight is 286 g/mol. The van der Waals surface area contributed by atoms with Crippen LogP contribution in [0.2, 0.25) is 0 Å². The molecule has 112 valence electrons. The van der Waals surface area contributed by atoms with Crippen molar-refractivity contribution in [2.75, 3.05) is 13.6 Å². The molecule has 0 aliphatic rings. The van der Waals surface area contributed by atoms with Gasteiger partial charge >= 0.3 is 0 Å². The Morgan fingerprint density at radius 3 is 2.86 bits per heavy atom. The van der Waals surface area contributed by atoms with E-state index in [-0.39, 0.29) is 11.9 Å². The van der Waals surface area contributed by atoms with Gasteiger partial charge in [-0.1, -0.05) is 29.8 Å². The first-order valence-electron chi connectivity index (χ1n) is 7.09. The van der Waals surface area contributed by atoms with E-state index in [9.17, 15) is 4.79 Å². The first-order chi connectivity index (χ1) is 10.1. The van der Waals surface area contributed by atoms with E-state index in [4.69, 9.17) is 0 Å². The smallest absolute Gasteiger partial charge is 0.241 e. The molecular weight excluding hydrogens is 264 g/mol. The van der Waals surface area contributed by atoms with E-state index in [1.165, 1.54) is 11.1 Å². The Balaban J connectivity index is 1.88. The molecule has 0 bridgehead atoms. The van der Waals surface area contributed by atoms with Crippen molar-refractivity contribution in [2.45, 2.75) is 19.4 Å². The molecule has 2 N–H and O–H groups in total. The molecule has 0 saturated heterocycles. The van der Waals surface area contributed by atoms with Gasteiger partial charge in [0.2, 0.25) is 5.91 Å². The highest BCUT2D eigenvalue weighted by molar-refractivity contribution is 5.83. The van der Waals surface area contributed by atoms with E-state index >= 15 is 0 Å². The predicted octanol–water partition coefficient (Wildman–Crippen LogP) is 1.35. The van der Waals surface area contributed by atoms with Gasteiger partial charge in [-0.25, -0.2) is 0 Å². The zero-order chi connectivity index (χ0) is 15.2. The molecule has 1 aromatic carbocycles. The number of amides is 1. The summed E-state index contributed by atoms with van der Waals surface area (Å²) in [6.45, 7) is 2.70. The van der Waals surface area contributed by atoms with E-state index < -0.39 is 0 Å². The Morgan fingerprint density at radius 2 is 2.24 bits per heavy atom. The number of nitrogens with zero attached hydrogens (tertiary/aromatic N) is 2. The highest BCUT2D eigenvalue weighted by Gasteiger charge is 2.19. The summed E-state index contributed by atoms with van der Waals surface area (Å²) in [7, 11) is 3.61. The molecule has 1 atom stereocenters. The summed E-state index contributed by atoms with van der Waals surface area (Å²) in [6, 6.07) is 7.97. The van der Waals surface area contributed by atoms with Gasteiger partial charge in [0.05, 0.1) is 6.20 Å². The van der Waals surface area contributed by atoms with Gasteiger partial charge in [-0.15, -0.1) is 0 Å². The van der Waals surface area contributed by atoms with Crippen molar-refractivity contribution in [3.05, 3.63) is 53.3 Å². The molecule has 1 heterocycles. The summed E-state index contributed by atoms with van der Waals surface area (Å²) in [5.74, 6) is -0.0295. The topological polar surface area (TPSA) is 59.0 Å². The molecule has 0 radical (unpaired) electrons. The molecule has 0 aliphatic carbocycles. The summed E-state index contributed by atoms with van der Waals surface area (Å²) in [5.41, 5.74) is 3.34. The Kier molecular flexibility index (Phi) is 5.11. The lowest BCUT2D eigenvalue weighted by Crippen LogP contribution is -2.36. The van der Waals surface area contributed by atoms with Crippen LogP contribution >= 0.6 is 0 Å². The van der Waals surface area contributed by atoms with Gasteiger partial charge in [0.1, 0.15) is 6.04 Å². The fraction of sp³-hybridized carbons (Fsp3) is 0.375. The van der Waals surface area contributed by atoms with Crippen molar-refractivity contribution in [3.63, 3.8) is 0 Å². The summed E-state index contributed by atoms with van der Waals surface area (Å²) in [4.78, 5) is 12.2. The lowest BCUT2D eigenvalue weighted by atomic mass is 10.1. The van der Waals surface area contributed by atoms with Gasteiger partial charge in [-0.05, 0) is 26.0 Å². The number of carbonyl (C=O) groups excluding carboxylic acids is 1. The van der Waals surface area contributed by atoms with E-state index in [1.54, 1.807) is 17.9 Å². The number of hydrogen-bond donors (Lipinski definition) is 2. The minimum atomic E-state index is -0.365. The summed E-state index contributed by atoms with van der Waals surface area (Å²) in [6.07, 6.45) is 4.39. The normalized spacial score (nSPS) is 12.1. The van der Waals surface area contributed by atoms with Crippen molar-refractivity contribution >= 4 is 5.91 Å². The molecule has 5 heteroatoms. The number of hydrogen-bond acceptors (Lipinski definition) is 3. The second-order valence-electron chi connectivity index (χ2n) is 5.20. The van der Waals surface area contributed by atoms with Crippen LogP contribution in [0.3, 0.4) is 0 Å². The molecule has 1 amide bonds. The number of benzene rings is 1. The second kappa shape index (κ2) is 7.04. The predicted molar refractivity (Wildman–Crippen MR) is 82.9 cm³/mol. The lowest BCUT2D eigenvalue weighted by molar-refractivity contribution is -0.123. The third-order valence-electron chi connectivity index (χ3n) is 3.40. The SMILES string of the molecule is CNC(C(=O)NCCc1cccc(C)c1)c1cnn(C)c1. The van der Waals surface area contributed by atoms with Crippen molar-refractivity contribution in [3.8, 4) is 0 Å². The maximum absolute atomic E-state index is 12.2. The van der Waals surface area contributed by atoms with Crippen LogP contribution < -0.4 is 10.6 Å². The van der Waals surface area contributed by atoms with Gasteiger partial charge in [-0.2, -0.15) is 5.10 Å². The molecule has 0 fully saturated rings. The van der Waals surface area contributed by atoms with E-state index in [0.717, 1.165) is 12.0 Å². The monoisotopic (exact) mass is 286 g/mol. The molecule has 5 nitrogen and oxygen atoms in total. The van der Waals surface area contributed by atoms with Crippen LogP contribution in [0.1, 0.15) is 22.7 Å². The zero-order valence-corrected chi connectivity index (χ0v) is 12.8. The molecule has 1 aromatic heterocycles. The zero-order valence-electron chi connectivity index (χ0n) is 12.8. The third-order valence-corrected chi connectivity index (χ3v) is 3.40. The van der Waals surface area contributed by atoms with Crippen LogP contribution in [-0.4, -0.2) is 29.3 Å². The second-order valence-corrected chi connectivity index (χ2v) is 5.20. The van der Waals surface area contributed by atoms with Gasteiger partial charge in [-0.3, -0.25) is 9.48 Å². The third kappa shape index (κ3) is 4.16. The quantitative estimate of drug-likeness (QED) is 0.842. The lowest BCUT2D eigenvalue weighted by Gasteiger charge is -2.14. The summed E-state index contributed by atoms with van der Waals surface area (Å²) >= 11 is 0. The molecule has 0 spiro atoms. The Morgan fingerprint density at radius 1 is 1.43 bits per heavy atom. The number of aromatic nitrogens is 2. The van der Waals surface area contributed by atoms with Crippen LogP contribution in [-0.2, 0) is 18.3 Å². The Hall–Kier alpha value is -2.14. The van der Waals surface area contributed by atoms with Gasteiger partial charge in [0.25, 0.3) is 0 Å². The van der Waals surface area contributed by atoms with Gasteiger partial charge in [0.15, 0.2) is 0 Å². The Bertz CT molecular complexity index is 606. The first-order valence-corrected chi connectivity index (χ1v) is 7.09. The van der Waals surface area contributed by atoms with Crippen LogP contribution in [0.5, 0.6) is 0 Å². The first kappa shape index (κ1) is 15.3. The number of rotatable bonds is 6. The molecule has 21 heavy (non-hydrogen) atoms. The molecule has 1 unspecified atom stereocenters. The van der Waals surface area contributed by atoms with Crippen LogP contribution in [0.4, 0.5) is 0 Å². The maximum atomic E-state index is 12.2. The highest BCUT2D eigenvalue weighted by Crippen LogP contribution is 2.11. The summed E-state index contributed by atoms with van der Waals surface area (Å²) < 4.78 is 1.69. The van der Waals surface area contributed by atoms with Crippen molar-refractivity contribution in [1.29, 1.82) is 0 Å². The molecule has 2 aromatic rings. The van der Waals surface area contributed by atoms with E-state index in [1.807, 2.05) is 19.3 Å². The highest BCUT2D eigenvalue weighted by atomic mass is 16.2. The van der Waals surface area contributed by atoms with Crippen molar-refractivity contribution in [2.24, 2.45) is 7.05 Å². The fourth-order valence-electron chi connectivity index (χ4n) is 2.34.